The van der Waals surface area contributed by atoms with Crippen LogP contribution in [0.2, 0.25) is 0 Å². The molecule has 0 aliphatic carbocycles. The van der Waals surface area contributed by atoms with Gasteiger partial charge in [0.1, 0.15) is 33.7 Å². The molecule has 1 aromatic carbocycles. The van der Waals surface area contributed by atoms with Crippen LogP contribution in [0, 0.1) is 0 Å². The number of unbranched alkanes of at least 4 members (excludes halogenated alkanes) is 1. The Morgan fingerprint density at radius 1 is 0.844 bits per heavy atom. The van der Waals surface area contributed by atoms with Gasteiger partial charge in [0.05, 0.1) is 13.2 Å². The number of hydrogen-bond donors (Lipinski definition) is 0. The maximum Gasteiger partial charge on any atom is 0.138 e. The summed E-state index contributed by atoms with van der Waals surface area (Å²) >= 11 is 22.2. The van der Waals surface area contributed by atoms with Crippen LogP contribution in [0.25, 0.3) is 0 Å². The second-order valence-corrected chi connectivity index (χ2v) is 8.63. The van der Waals surface area contributed by atoms with E-state index in [0.717, 1.165) is 48.3 Å². The minimum absolute atomic E-state index is 0.164. The summed E-state index contributed by atoms with van der Waals surface area (Å²) in [6.07, 6.45) is 9.01. The van der Waals surface area contributed by atoms with Gasteiger partial charge in [-0.15, -0.1) is 0 Å². The number of hydrogen-bond acceptors (Lipinski definition) is 5. The lowest BCUT2D eigenvalue weighted by Crippen LogP contribution is -2.06. The zero-order valence-corrected chi connectivity index (χ0v) is 21.6. The van der Waals surface area contributed by atoms with E-state index in [4.69, 9.17) is 65.5 Å². The first-order valence-electron chi connectivity index (χ1n) is 10.6. The lowest BCUT2D eigenvalue weighted by atomic mass is 10.0. The van der Waals surface area contributed by atoms with Crippen LogP contribution >= 0.6 is 46.4 Å². The molecule has 1 rings (SSSR count). The monoisotopic (exact) mass is 525 g/mol. The van der Waals surface area contributed by atoms with E-state index in [1.54, 1.807) is 12.3 Å². The van der Waals surface area contributed by atoms with Crippen LogP contribution in [0.1, 0.15) is 44.2 Å². The predicted molar refractivity (Wildman–Crippen MR) is 135 cm³/mol. The summed E-state index contributed by atoms with van der Waals surface area (Å²) in [5.41, 5.74) is 2.25. The maximum atomic E-state index is 6.12. The van der Waals surface area contributed by atoms with Crippen molar-refractivity contribution in [1.82, 2.24) is 0 Å². The molecule has 0 aliphatic rings. The quantitative estimate of drug-likeness (QED) is 0.120. The molecule has 0 spiro atoms. The Labute approximate surface area is 211 Å². The first-order chi connectivity index (χ1) is 15.5. The van der Waals surface area contributed by atoms with E-state index in [2.05, 4.69) is 19.0 Å². The molecule has 0 N–H and O–H groups in total. The molecule has 0 aliphatic heterocycles. The molecule has 0 unspecified atom stereocenters. The minimum atomic E-state index is 0.164. The van der Waals surface area contributed by atoms with Gasteiger partial charge in [-0.2, -0.15) is 0 Å². The van der Waals surface area contributed by atoms with E-state index >= 15 is 0 Å². The van der Waals surface area contributed by atoms with Gasteiger partial charge < -0.3 is 19.0 Å². The van der Waals surface area contributed by atoms with Gasteiger partial charge in [-0.25, -0.2) is 0 Å². The van der Waals surface area contributed by atoms with E-state index in [1.807, 2.05) is 12.1 Å². The molecule has 0 atom stereocenters. The van der Waals surface area contributed by atoms with Crippen LogP contribution in [0.5, 0.6) is 11.5 Å². The molecule has 32 heavy (non-hydrogen) atoms. The number of rotatable bonds is 17. The van der Waals surface area contributed by atoms with Crippen LogP contribution in [0.3, 0.4) is 0 Å². The van der Waals surface area contributed by atoms with Crippen LogP contribution in [0.4, 0.5) is 0 Å². The first kappa shape index (κ1) is 28.9. The summed E-state index contributed by atoms with van der Waals surface area (Å²) in [7, 11) is 0. The third-order valence-electron chi connectivity index (χ3n) is 4.25. The van der Waals surface area contributed by atoms with Crippen LogP contribution in [0.15, 0.2) is 38.4 Å². The Morgan fingerprint density at radius 2 is 1.47 bits per heavy atom. The Bertz CT molecular complexity index is 721. The highest BCUT2D eigenvalue weighted by molar-refractivity contribution is 6.56. The average Bonchev–Trinajstić information content (AvgIpc) is 2.76. The Kier molecular flexibility index (Phi) is 16.6. The molecular formula is C23H31Cl4NO4. The zero-order valence-electron chi connectivity index (χ0n) is 18.5. The molecule has 180 valence electrons. The number of oxime groups is 1. The fourth-order valence-corrected chi connectivity index (χ4v) is 2.94. The largest absolute Gasteiger partial charge is 0.493 e. The lowest BCUT2D eigenvalue weighted by molar-refractivity contribution is 0.131. The molecule has 0 bridgehead atoms. The Hall–Kier alpha value is -1.11. The van der Waals surface area contributed by atoms with Gasteiger partial charge in [0.25, 0.3) is 0 Å². The van der Waals surface area contributed by atoms with Crippen LogP contribution in [-0.4, -0.2) is 39.2 Å². The smallest absolute Gasteiger partial charge is 0.138 e. The molecule has 1 aromatic rings. The van der Waals surface area contributed by atoms with E-state index < -0.39 is 0 Å². The number of benzene rings is 1. The second-order valence-electron chi connectivity index (χ2n) is 6.62. The summed E-state index contributed by atoms with van der Waals surface area (Å²) in [5, 5.41) is 3.78. The highest BCUT2D eigenvalue weighted by atomic mass is 35.5. The van der Waals surface area contributed by atoms with Gasteiger partial charge in [0.2, 0.25) is 0 Å². The molecular weight excluding hydrogens is 496 g/mol. The van der Waals surface area contributed by atoms with Crippen molar-refractivity contribution >= 4 is 52.6 Å². The van der Waals surface area contributed by atoms with Gasteiger partial charge in [-0.1, -0.05) is 65.4 Å². The topological polar surface area (TPSA) is 49.3 Å². The standard InChI is InChI=1S/C23H31Cl4NO4/c1-3-18-16-20(30-14-8-21(24)25)17-19(4-2)23(18)31-13-6-5-11-29-12-7-10-28-32-15-9-22(26)27/h8-10,16-17H,3-7,11-15H2,1-2H3. The van der Waals surface area contributed by atoms with Crippen molar-refractivity contribution in [2.45, 2.75) is 46.0 Å². The molecule has 0 heterocycles. The van der Waals surface area contributed by atoms with Crippen molar-refractivity contribution in [2.24, 2.45) is 5.16 Å². The van der Waals surface area contributed by atoms with Crippen molar-refractivity contribution in [3.8, 4) is 11.5 Å². The highest BCUT2D eigenvalue weighted by Crippen LogP contribution is 2.31. The van der Waals surface area contributed by atoms with E-state index in [-0.39, 0.29) is 15.6 Å². The summed E-state index contributed by atoms with van der Waals surface area (Å²) in [5.74, 6) is 1.74. The normalized spacial score (nSPS) is 10.8. The second kappa shape index (κ2) is 18.3. The SMILES string of the molecule is CCc1cc(OCC=C(Cl)Cl)cc(CC)c1OCCCCOCCC=NOCC=C(Cl)Cl. The Balaban J connectivity index is 2.31. The maximum absolute atomic E-state index is 6.12. The lowest BCUT2D eigenvalue weighted by Gasteiger charge is -2.17. The third kappa shape index (κ3) is 13.4. The zero-order chi connectivity index (χ0) is 23.6. The number of nitrogens with zero attached hydrogens (tertiary/aromatic N) is 1. The molecule has 9 heteroatoms. The summed E-state index contributed by atoms with van der Waals surface area (Å²) in [6.45, 7) is 6.68. The van der Waals surface area contributed by atoms with Crippen molar-refractivity contribution < 1.29 is 19.0 Å². The summed E-state index contributed by atoms with van der Waals surface area (Å²) in [4.78, 5) is 4.95. The van der Waals surface area contributed by atoms with Crippen molar-refractivity contribution in [2.75, 3.05) is 33.0 Å². The third-order valence-corrected chi connectivity index (χ3v) is 4.86. The molecule has 0 amide bonds. The Morgan fingerprint density at radius 3 is 2.09 bits per heavy atom. The van der Waals surface area contributed by atoms with Gasteiger partial charge in [0.15, 0.2) is 0 Å². The summed E-state index contributed by atoms with van der Waals surface area (Å²) < 4.78 is 17.8. The van der Waals surface area contributed by atoms with Gasteiger partial charge in [-0.05, 0) is 61.1 Å². The van der Waals surface area contributed by atoms with Gasteiger partial charge >= 0.3 is 0 Å². The molecule has 0 saturated carbocycles. The average molecular weight is 527 g/mol. The summed E-state index contributed by atoms with van der Waals surface area (Å²) in [6, 6.07) is 4.03. The van der Waals surface area contributed by atoms with Crippen LogP contribution < -0.4 is 9.47 Å². The first-order valence-corrected chi connectivity index (χ1v) is 12.1. The molecule has 0 aromatic heterocycles. The van der Waals surface area contributed by atoms with Gasteiger partial charge in [0, 0.05) is 19.2 Å². The van der Waals surface area contributed by atoms with E-state index in [1.165, 1.54) is 6.08 Å². The number of ether oxygens (including phenoxy) is 3. The van der Waals surface area contributed by atoms with E-state index in [9.17, 15) is 0 Å². The molecule has 0 fully saturated rings. The number of aryl methyl sites for hydroxylation is 2. The minimum Gasteiger partial charge on any atom is -0.493 e. The van der Waals surface area contributed by atoms with Crippen molar-refractivity contribution in [3.63, 3.8) is 0 Å². The fraction of sp³-hybridized carbons (Fsp3) is 0.522. The van der Waals surface area contributed by atoms with E-state index in [0.29, 0.717) is 32.8 Å². The van der Waals surface area contributed by atoms with Crippen LogP contribution in [-0.2, 0) is 22.4 Å². The van der Waals surface area contributed by atoms with Crippen molar-refractivity contribution in [1.29, 1.82) is 0 Å². The molecule has 0 radical (unpaired) electrons. The molecule has 0 saturated heterocycles. The van der Waals surface area contributed by atoms with Gasteiger partial charge in [-0.3, -0.25) is 0 Å². The molecule has 5 nitrogen and oxygen atoms in total. The number of halogens is 4. The predicted octanol–water partition coefficient (Wildman–Crippen LogP) is 7.40. The fourth-order valence-electron chi connectivity index (χ4n) is 2.68. The highest BCUT2D eigenvalue weighted by Gasteiger charge is 2.11. The van der Waals surface area contributed by atoms with Crippen molar-refractivity contribution in [3.05, 3.63) is 44.4 Å².